The Labute approximate surface area is 414 Å². The Hall–Kier alpha value is -5.78. The molecule has 29 heteroatoms. The van der Waals surface area contributed by atoms with Crippen LogP contribution in [0.3, 0.4) is 0 Å². The van der Waals surface area contributed by atoms with Gasteiger partial charge >= 0.3 is 17.9 Å². The van der Waals surface area contributed by atoms with Gasteiger partial charge < -0.3 is 79.1 Å². The monoisotopic (exact) mass is 1040 g/mol. The first-order chi connectivity index (χ1) is 32.6. The number of amides is 9. The molecule has 0 radical (unpaired) electrons. The number of carbonyl (C=O) groups excluding carboxylic acids is 9. The molecule has 0 saturated carbocycles. The summed E-state index contributed by atoms with van der Waals surface area (Å²) in [4.78, 5) is 154. The maximum atomic E-state index is 13.6. The zero-order valence-corrected chi connectivity index (χ0v) is 41.9. The first-order valence-electron chi connectivity index (χ1n) is 22.0. The third-order valence-electron chi connectivity index (χ3n) is 10.2. The van der Waals surface area contributed by atoms with E-state index < -0.39 is 176 Å². The van der Waals surface area contributed by atoms with E-state index in [-0.39, 0.29) is 18.1 Å². The number of aliphatic hydroxyl groups is 2. The Morgan fingerprint density at radius 1 is 0.471 bits per heavy atom. The molecule has 0 unspecified atom stereocenters. The van der Waals surface area contributed by atoms with Crippen LogP contribution in [0, 0.1) is 17.8 Å². The summed E-state index contributed by atoms with van der Waals surface area (Å²) in [6.07, 6.45) is -0.468. The summed E-state index contributed by atoms with van der Waals surface area (Å²) in [6, 6.07) is -15.2. The lowest BCUT2D eigenvalue weighted by Crippen LogP contribution is -2.62. The summed E-state index contributed by atoms with van der Waals surface area (Å²) in [5.74, 6) is -15.4. The molecule has 0 aromatic heterocycles. The van der Waals surface area contributed by atoms with Crippen molar-refractivity contribution in [3.8, 4) is 0 Å². The molecule has 16 N–H and O–H groups in total. The molecule has 398 valence electrons. The van der Waals surface area contributed by atoms with Gasteiger partial charge in [0.15, 0.2) is 0 Å². The Morgan fingerprint density at radius 3 is 1.26 bits per heavy atom. The van der Waals surface area contributed by atoms with Gasteiger partial charge in [-0.05, 0) is 49.5 Å². The Balaban J connectivity index is 6.23. The minimum Gasteiger partial charge on any atom is -0.481 e. The number of hydrogen-bond acceptors (Lipinski definition) is 17. The molecule has 0 aliphatic rings. The highest BCUT2D eigenvalue weighted by Crippen LogP contribution is 2.10. The predicted octanol–water partition coefficient (Wildman–Crippen LogP) is -5.24. The normalized spacial score (nSPS) is 15.5. The second-order valence-corrected chi connectivity index (χ2v) is 18.4. The number of thiol groups is 1. The fourth-order valence-corrected chi connectivity index (χ4v) is 6.60. The van der Waals surface area contributed by atoms with Gasteiger partial charge in [0.2, 0.25) is 53.2 Å². The molecule has 70 heavy (non-hydrogen) atoms. The second kappa shape index (κ2) is 32.2. The summed E-state index contributed by atoms with van der Waals surface area (Å²) in [5.41, 5.74) is 5.86. The molecule has 0 saturated heterocycles. The number of aliphatic carboxylic acids is 3. The molecular weight excluding hydrogens is 969 g/mol. The second-order valence-electron chi connectivity index (χ2n) is 17.0. The van der Waals surface area contributed by atoms with E-state index in [0.29, 0.717) is 5.75 Å². The average Bonchev–Trinajstić information content (AvgIpc) is 3.28. The van der Waals surface area contributed by atoms with Gasteiger partial charge in [-0.3, -0.25) is 57.5 Å². The molecule has 9 amide bonds. The van der Waals surface area contributed by atoms with Crippen LogP contribution in [0.15, 0.2) is 0 Å². The Bertz CT molecular complexity index is 1860. The van der Waals surface area contributed by atoms with Gasteiger partial charge in [0.05, 0.1) is 25.7 Å². The lowest BCUT2D eigenvalue weighted by Gasteiger charge is -2.28. The molecule has 0 aromatic carbocycles. The van der Waals surface area contributed by atoms with Crippen molar-refractivity contribution in [2.45, 2.75) is 135 Å². The van der Waals surface area contributed by atoms with Crippen LogP contribution < -0.4 is 53.6 Å². The van der Waals surface area contributed by atoms with Gasteiger partial charge in [0.25, 0.3) is 0 Å². The highest BCUT2D eigenvalue weighted by atomic mass is 32.2. The number of nitrogens with two attached hydrogens (primary N) is 1. The summed E-state index contributed by atoms with van der Waals surface area (Å²) >= 11 is 5.41. The average molecular weight is 1040 g/mol. The maximum Gasteiger partial charge on any atom is 0.325 e. The van der Waals surface area contributed by atoms with Crippen molar-refractivity contribution >= 4 is 95.5 Å². The van der Waals surface area contributed by atoms with Crippen LogP contribution in [0.5, 0.6) is 0 Å². The van der Waals surface area contributed by atoms with Crippen molar-refractivity contribution in [3.05, 3.63) is 0 Å². The van der Waals surface area contributed by atoms with Gasteiger partial charge in [-0.15, -0.1) is 0 Å². The summed E-state index contributed by atoms with van der Waals surface area (Å²) in [5, 5.41) is 68.7. The van der Waals surface area contributed by atoms with Crippen LogP contribution in [0.4, 0.5) is 0 Å². The number of carboxylic acids is 3. The molecule has 0 rings (SSSR count). The van der Waals surface area contributed by atoms with Crippen molar-refractivity contribution in [2.24, 2.45) is 23.5 Å². The maximum absolute atomic E-state index is 13.6. The highest BCUT2D eigenvalue weighted by molar-refractivity contribution is 7.98. The fraction of sp³-hybridized carbons (Fsp3) is 0.707. The lowest BCUT2D eigenvalue weighted by molar-refractivity contribution is -0.142. The number of rotatable bonds is 33. The largest absolute Gasteiger partial charge is 0.481 e. The van der Waals surface area contributed by atoms with Gasteiger partial charge in [0, 0.05) is 12.2 Å². The Kier molecular flexibility index (Phi) is 29.5. The van der Waals surface area contributed by atoms with E-state index in [1.54, 1.807) is 20.1 Å². The zero-order valence-electron chi connectivity index (χ0n) is 40.2. The third-order valence-corrected chi connectivity index (χ3v) is 11.2. The van der Waals surface area contributed by atoms with Crippen LogP contribution in [0.1, 0.15) is 74.1 Å². The van der Waals surface area contributed by atoms with E-state index in [9.17, 15) is 83.1 Å². The van der Waals surface area contributed by atoms with Crippen LogP contribution in [-0.4, -0.2) is 188 Å². The van der Waals surface area contributed by atoms with E-state index in [4.69, 9.17) is 5.73 Å². The summed E-state index contributed by atoms with van der Waals surface area (Å²) in [6.45, 7) is 8.21. The number of aliphatic hydroxyl groups excluding tert-OH is 2. The standard InChI is InChI=1S/C41H70N10O17S2/c1-17(2)29(42)38(64)49-26(16-69)37(63)44-21(9-10-27(54)55)33(59)50-31(19(5)6)40(66)48-24(14-52)35(61)46-23(13-28(56)57)34(60)47-25(15-53)36(62)51-30(18(3)4)39(65)45-22(11-12-70-8)32(58)43-20(7)41(67)68/h17-26,29-31,52-53,69H,9-16,42H2,1-8H3,(H,43,58)(H,44,63)(H,45,65)(H,46,61)(H,47,60)(H,48,66)(H,49,64)(H,50,59)(H,51,62)(H,54,55)(H,56,57)(H,67,68)/t20-,21-,22-,23-,24-,25-,26-,29-,30-,31-/m0/s1. The van der Waals surface area contributed by atoms with Gasteiger partial charge in [-0.1, -0.05) is 41.5 Å². The molecule has 0 aliphatic heterocycles. The Morgan fingerprint density at radius 2 is 0.843 bits per heavy atom. The topological polar surface area (TPSA) is 440 Å². The summed E-state index contributed by atoms with van der Waals surface area (Å²) < 4.78 is 0. The van der Waals surface area contributed by atoms with Crippen LogP contribution in [0.25, 0.3) is 0 Å². The molecule has 0 bridgehead atoms. The van der Waals surface area contributed by atoms with E-state index >= 15 is 0 Å². The lowest BCUT2D eigenvalue weighted by atomic mass is 10.0. The summed E-state index contributed by atoms with van der Waals surface area (Å²) in [7, 11) is 0. The minimum atomic E-state index is -2.03. The van der Waals surface area contributed by atoms with Crippen molar-refractivity contribution in [3.63, 3.8) is 0 Å². The van der Waals surface area contributed by atoms with Gasteiger partial charge in [0.1, 0.15) is 54.4 Å². The van der Waals surface area contributed by atoms with E-state index in [1.807, 2.05) is 5.32 Å². The molecular formula is C41H70N10O17S2. The molecule has 0 fully saturated rings. The van der Waals surface area contributed by atoms with Crippen LogP contribution >= 0.6 is 24.4 Å². The number of carboxylic acid groups (broad SMARTS) is 3. The van der Waals surface area contributed by atoms with Crippen molar-refractivity contribution in [1.82, 2.24) is 47.9 Å². The van der Waals surface area contributed by atoms with Crippen LogP contribution in [-0.2, 0) is 57.5 Å². The number of carbonyl (C=O) groups is 12. The minimum absolute atomic E-state index is 0.0695. The van der Waals surface area contributed by atoms with Crippen molar-refractivity contribution < 1.29 is 83.1 Å². The first kappa shape index (κ1) is 64.2. The van der Waals surface area contributed by atoms with E-state index in [2.05, 4.69) is 55.2 Å². The molecule has 10 atom stereocenters. The molecule has 0 aromatic rings. The predicted molar refractivity (Wildman–Crippen MR) is 253 cm³/mol. The van der Waals surface area contributed by atoms with Crippen molar-refractivity contribution in [1.29, 1.82) is 0 Å². The van der Waals surface area contributed by atoms with Gasteiger partial charge in [-0.2, -0.15) is 24.4 Å². The van der Waals surface area contributed by atoms with E-state index in [0.717, 1.165) is 0 Å². The number of hydrogen-bond donors (Lipinski definition) is 16. The zero-order chi connectivity index (χ0) is 54.2. The molecule has 0 aliphatic carbocycles. The van der Waals surface area contributed by atoms with Crippen LogP contribution in [0.2, 0.25) is 0 Å². The SMILES string of the molecule is CSCC[C@H](NC(=O)[C@@H](NC(=O)[C@H](CO)NC(=O)[C@H](CC(=O)O)NC(=O)[C@H](CO)NC(=O)[C@@H](NC(=O)[C@H](CCC(=O)O)NC(=O)[C@H](CS)NC(=O)[C@@H](N)C(C)C)C(C)C)C(C)C)C(=O)N[C@@H](C)C(=O)O. The van der Waals surface area contributed by atoms with Crippen molar-refractivity contribution in [2.75, 3.05) is 31.0 Å². The smallest absolute Gasteiger partial charge is 0.325 e. The molecule has 0 heterocycles. The van der Waals surface area contributed by atoms with Gasteiger partial charge in [-0.25, -0.2) is 0 Å². The molecule has 27 nitrogen and oxygen atoms in total. The fourth-order valence-electron chi connectivity index (χ4n) is 5.87. The quantitative estimate of drug-likeness (QED) is 0.0273. The number of thioether (sulfide) groups is 1. The number of nitrogens with one attached hydrogen (secondary N) is 9. The highest BCUT2D eigenvalue weighted by Gasteiger charge is 2.37. The third kappa shape index (κ3) is 22.8. The van der Waals surface area contributed by atoms with E-state index in [1.165, 1.54) is 46.4 Å². The first-order valence-corrected chi connectivity index (χ1v) is 24.1. The molecule has 0 spiro atoms.